The van der Waals surface area contributed by atoms with Gasteiger partial charge in [-0.25, -0.2) is 0 Å². The van der Waals surface area contributed by atoms with E-state index in [4.69, 9.17) is 10.5 Å². The van der Waals surface area contributed by atoms with Gasteiger partial charge in [0.05, 0.1) is 13.2 Å². The summed E-state index contributed by atoms with van der Waals surface area (Å²) in [7, 11) is 0. The van der Waals surface area contributed by atoms with Crippen molar-refractivity contribution in [3.63, 3.8) is 0 Å². The van der Waals surface area contributed by atoms with Crippen LogP contribution in [0.4, 0.5) is 0 Å². The number of hydrogen-bond donors (Lipinski definition) is 1. The third kappa shape index (κ3) is 4.45. The number of rotatable bonds is 3. The molecule has 2 N–H and O–H groups in total. The molecule has 106 valence electrons. The summed E-state index contributed by atoms with van der Waals surface area (Å²) in [4.78, 5) is 13.6. The molecule has 19 heavy (non-hydrogen) atoms. The van der Waals surface area contributed by atoms with E-state index in [2.05, 4.69) is 15.9 Å². The summed E-state index contributed by atoms with van der Waals surface area (Å²) in [6.07, 6.45) is 0.376. The zero-order valence-electron chi connectivity index (χ0n) is 10.5. The molecule has 1 heterocycles. The maximum Gasteiger partial charge on any atom is 0.224 e. The second-order valence-electron chi connectivity index (χ2n) is 4.29. The van der Waals surface area contributed by atoms with E-state index >= 15 is 0 Å². The predicted molar refractivity (Wildman–Crippen MR) is 80.3 cm³/mol. The van der Waals surface area contributed by atoms with E-state index in [0.29, 0.717) is 32.7 Å². The molecule has 1 aromatic rings. The van der Waals surface area contributed by atoms with Crippen molar-refractivity contribution in [2.45, 2.75) is 12.5 Å². The van der Waals surface area contributed by atoms with Gasteiger partial charge in [-0.1, -0.05) is 28.1 Å². The van der Waals surface area contributed by atoms with Crippen LogP contribution in [0, 0.1) is 0 Å². The lowest BCUT2D eigenvalue weighted by Crippen LogP contribution is -2.42. The minimum absolute atomic E-state index is 0. The van der Waals surface area contributed by atoms with E-state index in [1.54, 1.807) is 0 Å². The first-order chi connectivity index (χ1) is 8.70. The van der Waals surface area contributed by atoms with Gasteiger partial charge in [0.25, 0.3) is 0 Å². The third-order valence-corrected chi connectivity index (χ3v) is 3.55. The van der Waals surface area contributed by atoms with Crippen molar-refractivity contribution >= 4 is 34.2 Å². The van der Waals surface area contributed by atoms with Crippen LogP contribution in [0.15, 0.2) is 28.7 Å². The molecule has 1 atom stereocenters. The molecule has 1 fully saturated rings. The van der Waals surface area contributed by atoms with Gasteiger partial charge in [-0.05, 0) is 17.7 Å². The van der Waals surface area contributed by atoms with E-state index in [1.165, 1.54) is 0 Å². The summed E-state index contributed by atoms with van der Waals surface area (Å²) < 4.78 is 6.76. The molecule has 0 aromatic heterocycles. The molecule has 1 aliphatic rings. The first kappa shape index (κ1) is 16.4. The molecule has 1 aromatic carbocycles. The van der Waals surface area contributed by atoms with E-state index in [1.807, 2.05) is 29.2 Å². The van der Waals surface area contributed by atoms with Crippen molar-refractivity contribution < 1.29 is 9.53 Å². The van der Waals surface area contributed by atoms with Gasteiger partial charge < -0.3 is 15.4 Å². The fourth-order valence-electron chi connectivity index (χ4n) is 2.04. The van der Waals surface area contributed by atoms with Crippen LogP contribution in [0.3, 0.4) is 0 Å². The summed E-state index contributed by atoms with van der Waals surface area (Å²) in [6, 6.07) is 8.01. The Kier molecular flexibility index (Phi) is 6.79. The first-order valence-corrected chi connectivity index (χ1v) is 6.85. The number of nitrogens with two attached hydrogens (primary N) is 1. The van der Waals surface area contributed by atoms with E-state index in [-0.39, 0.29) is 24.4 Å². The number of carbonyl (C=O) groups excluding carboxylic acids is 1. The van der Waals surface area contributed by atoms with Crippen LogP contribution in [-0.4, -0.2) is 37.0 Å². The summed E-state index contributed by atoms with van der Waals surface area (Å²) in [6.45, 7) is 2.25. The lowest BCUT2D eigenvalue weighted by atomic mass is 10.1. The Labute approximate surface area is 127 Å². The molecule has 0 aliphatic carbocycles. The van der Waals surface area contributed by atoms with Gasteiger partial charge in [0, 0.05) is 24.0 Å². The quantitative estimate of drug-likeness (QED) is 0.909. The maximum absolute atomic E-state index is 11.8. The van der Waals surface area contributed by atoms with Gasteiger partial charge in [-0.2, -0.15) is 0 Å². The van der Waals surface area contributed by atoms with Crippen LogP contribution < -0.4 is 5.73 Å². The third-order valence-electron chi connectivity index (χ3n) is 3.02. The molecule has 0 radical (unpaired) electrons. The highest BCUT2D eigenvalue weighted by Gasteiger charge is 2.24. The lowest BCUT2D eigenvalue weighted by molar-refractivity contribution is -0.138. The monoisotopic (exact) mass is 348 g/mol. The topological polar surface area (TPSA) is 55.6 Å². The van der Waals surface area contributed by atoms with Crippen molar-refractivity contribution in [3.05, 3.63) is 34.3 Å². The SMILES string of the molecule is Cl.NCCC(=O)N1CCOC(c2ccc(Br)cc2)C1. The van der Waals surface area contributed by atoms with E-state index < -0.39 is 0 Å². The molecule has 1 amide bonds. The van der Waals surface area contributed by atoms with Gasteiger partial charge in [0.15, 0.2) is 0 Å². The Hall–Kier alpha value is -0.620. The largest absolute Gasteiger partial charge is 0.370 e. The normalized spacial score (nSPS) is 18.8. The summed E-state index contributed by atoms with van der Waals surface area (Å²) in [5.74, 6) is 0.114. The molecular formula is C13H18BrClN2O2. The molecule has 6 heteroatoms. The molecular weight excluding hydrogens is 332 g/mol. The Morgan fingerprint density at radius 2 is 2.11 bits per heavy atom. The van der Waals surface area contributed by atoms with Gasteiger partial charge in [0.2, 0.25) is 5.91 Å². The van der Waals surface area contributed by atoms with Crippen LogP contribution in [-0.2, 0) is 9.53 Å². The Morgan fingerprint density at radius 3 is 2.74 bits per heavy atom. The highest BCUT2D eigenvalue weighted by atomic mass is 79.9. The summed E-state index contributed by atoms with van der Waals surface area (Å²) in [5.41, 5.74) is 6.51. The fourth-order valence-corrected chi connectivity index (χ4v) is 2.30. The van der Waals surface area contributed by atoms with Crippen LogP contribution >= 0.6 is 28.3 Å². The number of halogens is 2. The second kappa shape index (κ2) is 7.85. The van der Waals surface area contributed by atoms with Crippen molar-refractivity contribution in [2.24, 2.45) is 5.73 Å². The number of hydrogen-bond acceptors (Lipinski definition) is 3. The molecule has 0 saturated carbocycles. The molecule has 0 spiro atoms. The number of carbonyl (C=O) groups is 1. The van der Waals surface area contributed by atoms with Crippen LogP contribution in [0.5, 0.6) is 0 Å². The first-order valence-electron chi connectivity index (χ1n) is 6.05. The summed E-state index contributed by atoms with van der Waals surface area (Å²) >= 11 is 3.41. The zero-order valence-corrected chi connectivity index (χ0v) is 13.0. The minimum atomic E-state index is -0.0337. The number of nitrogens with zero attached hydrogens (tertiary/aromatic N) is 1. The fraction of sp³-hybridized carbons (Fsp3) is 0.462. The van der Waals surface area contributed by atoms with Crippen LogP contribution in [0.1, 0.15) is 18.1 Å². The average molecular weight is 350 g/mol. The van der Waals surface area contributed by atoms with Gasteiger partial charge in [0.1, 0.15) is 6.10 Å². The highest BCUT2D eigenvalue weighted by Crippen LogP contribution is 2.24. The smallest absolute Gasteiger partial charge is 0.224 e. The Bertz CT molecular complexity index is 414. The van der Waals surface area contributed by atoms with Crippen molar-refractivity contribution in [2.75, 3.05) is 26.2 Å². The van der Waals surface area contributed by atoms with E-state index in [0.717, 1.165) is 10.0 Å². The lowest BCUT2D eigenvalue weighted by Gasteiger charge is -2.33. The van der Waals surface area contributed by atoms with Gasteiger partial charge in [-0.3, -0.25) is 4.79 Å². The molecule has 1 saturated heterocycles. The number of amides is 1. The predicted octanol–water partition coefficient (Wildman–Crippen LogP) is 2.12. The number of morpholine rings is 1. The Balaban J connectivity index is 0.00000180. The maximum atomic E-state index is 11.8. The molecule has 2 rings (SSSR count). The molecule has 0 bridgehead atoms. The van der Waals surface area contributed by atoms with Crippen LogP contribution in [0.25, 0.3) is 0 Å². The minimum Gasteiger partial charge on any atom is -0.370 e. The second-order valence-corrected chi connectivity index (χ2v) is 5.21. The number of benzene rings is 1. The molecule has 1 aliphatic heterocycles. The Morgan fingerprint density at radius 1 is 1.42 bits per heavy atom. The molecule has 1 unspecified atom stereocenters. The molecule has 4 nitrogen and oxygen atoms in total. The standard InChI is InChI=1S/C13H17BrN2O2.ClH/c14-11-3-1-10(2-4-11)12-9-16(7-8-18-12)13(17)5-6-15;/h1-4,12H,5-9,15H2;1H. The van der Waals surface area contributed by atoms with Crippen molar-refractivity contribution in [3.8, 4) is 0 Å². The van der Waals surface area contributed by atoms with Gasteiger partial charge in [-0.15, -0.1) is 12.4 Å². The van der Waals surface area contributed by atoms with E-state index in [9.17, 15) is 4.79 Å². The average Bonchev–Trinajstić information content (AvgIpc) is 2.40. The van der Waals surface area contributed by atoms with Gasteiger partial charge >= 0.3 is 0 Å². The highest BCUT2D eigenvalue weighted by molar-refractivity contribution is 9.10. The van der Waals surface area contributed by atoms with Crippen molar-refractivity contribution in [1.29, 1.82) is 0 Å². The van der Waals surface area contributed by atoms with Crippen LogP contribution in [0.2, 0.25) is 0 Å². The number of ether oxygens (including phenoxy) is 1. The van der Waals surface area contributed by atoms with Crippen molar-refractivity contribution in [1.82, 2.24) is 4.90 Å². The summed E-state index contributed by atoms with van der Waals surface area (Å²) in [5, 5.41) is 0. The zero-order chi connectivity index (χ0) is 13.0.